The number of halogens is 2. The minimum absolute atomic E-state index is 0.00428. The van der Waals surface area contributed by atoms with Crippen LogP contribution < -0.4 is 10.1 Å². The summed E-state index contributed by atoms with van der Waals surface area (Å²) in [6.45, 7) is 1.76. The molecule has 8 nitrogen and oxygen atoms in total. The number of carbonyl (C=O) groups is 1. The molecule has 0 bridgehead atoms. The first-order chi connectivity index (χ1) is 14.9. The van der Waals surface area contributed by atoms with Gasteiger partial charge in [-0.15, -0.1) is 5.10 Å². The molecule has 1 aliphatic rings. The molecule has 0 saturated heterocycles. The van der Waals surface area contributed by atoms with E-state index in [1.165, 1.54) is 16.8 Å². The van der Waals surface area contributed by atoms with E-state index in [0.29, 0.717) is 28.3 Å². The highest BCUT2D eigenvalue weighted by molar-refractivity contribution is 9.10. The number of benzene rings is 1. The highest BCUT2D eigenvalue weighted by atomic mass is 79.9. The molecule has 1 aromatic carbocycles. The Kier molecular flexibility index (Phi) is 4.73. The predicted molar refractivity (Wildman–Crippen MR) is 115 cm³/mol. The lowest BCUT2D eigenvalue weighted by Gasteiger charge is -2.10. The van der Waals surface area contributed by atoms with Gasteiger partial charge >= 0.3 is 0 Å². The predicted octanol–water partition coefficient (Wildman–Crippen LogP) is 3.69. The van der Waals surface area contributed by atoms with Crippen LogP contribution in [0.5, 0.6) is 5.75 Å². The molecule has 158 valence electrons. The normalized spacial score (nSPS) is 13.5. The average molecular weight is 485 g/mol. The van der Waals surface area contributed by atoms with E-state index in [0.717, 1.165) is 23.0 Å². The van der Waals surface area contributed by atoms with Crippen molar-refractivity contribution in [2.24, 2.45) is 0 Å². The third-order valence-corrected chi connectivity index (χ3v) is 5.82. The Morgan fingerprint density at radius 1 is 1.29 bits per heavy atom. The van der Waals surface area contributed by atoms with Crippen molar-refractivity contribution in [3.05, 3.63) is 58.2 Å². The van der Waals surface area contributed by atoms with Crippen molar-refractivity contribution in [3.63, 3.8) is 0 Å². The third kappa shape index (κ3) is 3.56. The van der Waals surface area contributed by atoms with Crippen LogP contribution in [-0.2, 0) is 0 Å². The van der Waals surface area contributed by atoms with Crippen LogP contribution in [0.1, 0.15) is 28.8 Å². The zero-order chi connectivity index (χ0) is 21.7. The largest absolute Gasteiger partial charge is 0.495 e. The zero-order valence-corrected chi connectivity index (χ0v) is 18.4. The Morgan fingerprint density at radius 2 is 2.10 bits per heavy atom. The molecule has 1 amide bonds. The van der Waals surface area contributed by atoms with Crippen molar-refractivity contribution in [1.82, 2.24) is 29.7 Å². The number of aromatic nitrogens is 5. The summed E-state index contributed by atoms with van der Waals surface area (Å²) < 4.78 is 23.9. The second-order valence-electron chi connectivity index (χ2n) is 7.48. The van der Waals surface area contributed by atoms with Crippen LogP contribution in [0.3, 0.4) is 0 Å². The molecule has 5 rings (SSSR count). The number of carbonyl (C=O) groups excluding carboxylic acids is 1. The average Bonchev–Trinajstić information content (AvgIpc) is 3.26. The number of aryl methyl sites for hydroxylation is 1. The van der Waals surface area contributed by atoms with Crippen LogP contribution in [0, 0.1) is 12.7 Å². The van der Waals surface area contributed by atoms with E-state index in [-0.39, 0.29) is 11.6 Å². The summed E-state index contributed by atoms with van der Waals surface area (Å²) in [5.74, 6) is -0.297. The van der Waals surface area contributed by atoms with Crippen molar-refractivity contribution in [1.29, 1.82) is 0 Å². The molecule has 10 heteroatoms. The highest BCUT2D eigenvalue weighted by Crippen LogP contribution is 2.29. The Hall–Kier alpha value is -3.27. The Balaban J connectivity index is 1.53. The first-order valence-electron chi connectivity index (χ1n) is 9.69. The maximum Gasteiger partial charge on any atom is 0.254 e. The quantitative estimate of drug-likeness (QED) is 0.466. The van der Waals surface area contributed by atoms with Crippen molar-refractivity contribution in [2.45, 2.75) is 25.8 Å². The molecule has 1 saturated carbocycles. The Bertz CT molecular complexity index is 1330. The van der Waals surface area contributed by atoms with E-state index in [1.54, 1.807) is 26.4 Å². The van der Waals surface area contributed by atoms with Gasteiger partial charge in [0.1, 0.15) is 22.9 Å². The molecule has 1 aliphatic carbocycles. The molecular formula is C21H18BrFN6O2. The van der Waals surface area contributed by atoms with Gasteiger partial charge in [0.2, 0.25) is 0 Å². The van der Waals surface area contributed by atoms with Gasteiger partial charge in [-0.1, -0.05) is 5.21 Å². The van der Waals surface area contributed by atoms with Crippen molar-refractivity contribution in [3.8, 4) is 22.8 Å². The maximum absolute atomic E-state index is 14.4. The Morgan fingerprint density at radius 3 is 2.84 bits per heavy atom. The number of rotatable bonds is 5. The number of methoxy groups -OCH3 is 1. The first kappa shape index (κ1) is 19.7. The summed E-state index contributed by atoms with van der Waals surface area (Å²) in [7, 11) is 1.59. The van der Waals surface area contributed by atoms with E-state index in [9.17, 15) is 9.18 Å². The fourth-order valence-corrected chi connectivity index (χ4v) is 3.88. The molecule has 0 unspecified atom stereocenters. The van der Waals surface area contributed by atoms with Gasteiger partial charge in [0.05, 0.1) is 40.9 Å². The summed E-state index contributed by atoms with van der Waals surface area (Å²) in [5.41, 5.74) is 3.23. The van der Waals surface area contributed by atoms with E-state index < -0.39 is 11.7 Å². The van der Waals surface area contributed by atoms with Gasteiger partial charge < -0.3 is 10.1 Å². The second kappa shape index (κ2) is 7.45. The van der Waals surface area contributed by atoms with Crippen LogP contribution in [0.15, 0.2) is 41.3 Å². The molecule has 0 aliphatic heterocycles. The van der Waals surface area contributed by atoms with Crippen molar-refractivity contribution in [2.75, 3.05) is 7.11 Å². The topological polar surface area (TPSA) is 86.3 Å². The monoisotopic (exact) mass is 484 g/mol. The number of nitrogens with zero attached hydrogens (tertiary/aromatic N) is 5. The lowest BCUT2D eigenvalue weighted by atomic mass is 10.1. The molecule has 31 heavy (non-hydrogen) atoms. The molecule has 3 aromatic heterocycles. The number of hydrogen-bond donors (Lipinski definition) is 1. The molecule has 0 radical (unpaired) electrons. The van der Waals surface area contributed by atoms with Crippen LogP contribution in [0.25, 0.3) is 22.7 Å². The van der Waals surface area contributed by atoms with Gasteiger partial charge in [-0.3, -0.25) is 9.20 Å². The fourth-order valence-electron chi connectivity index (χ4n) is 3.40. The summed E-state index contributed by atoms with van der Waals surface area (Å²) in [6.07, 6.45) is 7.13. The van der Waals surface area contributed by atoms with Crippen LogP contribution in [0.4, 0.5) is 4.39 Å². The van der Waals surface area contributed by atoms with E-state index >= 15 is 0 Å². The second-order valence-corrected chi connectivity index (χ2v) is 8.33. The fraction of sp³-hybridized carbons (Fsp3) is 0.238. The number of fused-ring (bicyclic) bond motifs is 1. The van der Waals surface area contributed by atoms with E-state index in [1.807, 2.05) is 16.7 Å². The first-order valence-corrected chi connectivity index (χ1v) is 10.5. The summed E-state index contributed by atoms with van der Waals surface area (Å²) in [6, 6.07) is 4.81. The summed E-state index contributed by atoms with van der Waals surface area (Å²) >= 11 is 3.48. The van der Waals surface area contributed by atoms with Crippen molar-refractivity contribution >= 4 is 27.5 Å². The molecule has 1 N–H and O–H groups in total. The number of pyridine rings is 1. The number of imidazole rings is 1. The Labute approximate surface area is 185 Å². The minimum atomic E-state index is -0.555. The van der Waals surface area contributed by atoms with E-state index in [4.69, 9.17) is 4.74 Å². The smallest absolute Gasteiger partial charge is 0.254 e. The van der Waals surface area contributed by atoms with Crippen LogP contribution in [0.2, 0.25) is 0 Å². The van der Waals surface area contributed by atoms with Gasteiger partial charge in [-0.05, 0) is 53.4 Å². The number of ether oxygens (including phenoxy) is 1. The van der Waals surface area contributed by atoms with Crippen molar-refractivity contribution < 1.29 is 13.9 Å². The van der Waals surface area contributed by atoms with Gasteiger partial charge in [0, 0.05) is 18.3 Å². The van der Waals surface area contributed by atoms with E-state index in [2.05, 4.69) is 36.5 Å². The third-order valence-electron chi connectivity index (χ3n) is 5.23. The molecule has 1 fully saturated rings. The summed E-state index contributed by atoms with van der Waals surface area (Å²) in [5, 5.41) is 11.3. The minimum Gasteiger partial charge on any atom is -0.495 e. The highest BCUT2D eigenvalue weighted by Gasteiger charge is 2.26. The number of hydrogen-bond acceptors (Lipinski definition) is 5. The SMILES string of the molecule is COc1cc2ncc(-c3cn(-c4cc(C(=O)NC5CC5)c(F)cc4C)nn3)n2cc1Br. The number of amides is 1. The summed E-state index contributed by atoms with van der Waals surface area (Å²) in [4.78, 5) is 16.8. The number of nitrogens with one attached hydrogen (secondary N) is 1. The molecule has 4 aromatic rings. The molecule has 3 heterocycles. The van der Waals surface area contributed by atoms with Gasteiger partial charge in [0.25, 0.3) is 5.91 Å². The molecule has 0 spiro atoms. The zero-order valence-electron chi connectivity index (χ0n) is 16.8. The standard InChI is InChI=1S/C21H18BrFN6O2/c1-11-5-15(23)13(21(30)25-12-3-4-12)6-17(11)29-10-16(26-27-29)18-8-24-20-7-19(31-2)14(22)9-28(18)20/h5-10,12H,3-4H2,1-2H3,(H,25,30). The van der Waals surface area contributed by atoms with Gasteiger partial charge in [0.15, 0.2) is 0 Å². The lowest BCUT2D eigenvalue weighted by molar-refractivity contribution is 0.0947. The molecule has 0 atom stereocenters. The van der Waals surface area contributed by atoms with Gasteiger partial charge in [-0.2, -0.15) is 0 Å². The molecular weight excluding hydrogens is 467 g/mol. The van der Waals surface area contributed by atoms with Crippen LogP contribution in [-0.4, -0.2) is 43.4 Å². The van der Waals surface area contributed by atoms with Crippen LogP contribution >= 0.6 is 15.9 Å². The maximum atomic E-state index is 14.4. The lowest BCUT2D eigenvalue weighted by Crippen LogP contribution is -2.26. The van der Waals surface area contributed by atoms with Gasteiger partial charge in [-0.25, -0.2) is 14.1 Å².